The monoisotopic (exact) mass is 643 g/mol. The Morgan fingerprint density at radius 1 is 1.21 bits per heavy atom. The molecule has 0 spiro atoms. The number of nitrogens with two attached hydrogens (primary N) is 1. The molecule has 1 aliphatic heterocycles. The van der Waals surface area contributed by atoms with E-state index in [1.165, 1.54) is 12.1 Å². The maximum absolute atomic E-state index is 14.5. The van der Waals surface area contributed by atoms with Crippen molar-refractivity contribution in [1.29, 1.82) is 5.41 Å². The van der Waals surface area contributed by atoms with Gasteiger partial charge in [0.05, 0.1) is 28.8 Å². The third kappa shape index (κ3) is 5.47. The number of nitrogens with zero attached hydrogens (tertiary/aromatic N) is 3. The van der Waals surface area contributed by atoms with E-state index in [1.807, 2.05) is 13.0 Å². The highest BCUT2D eigenvalue weighted by Gasteiger charge is 2.19. The lowest BCUT2D eigenvalue weighted by Crippen LogP contribution is -2.21. The van der Waals surface area contributed by atoms with Gasteiger partial charge in [-0.2, -0.15) is 0 Å². The summed E-state index contributed by atoms with van der Waals surface area (Å²) < 4.78 is 44.2. The van der Waals surface area contributed by atoms with Crippen molar-refractivity contribution in [3.8, 4) is 11.3 Å². The van der Waals surface area contributed by atoms with Crippen LogP contribution in [0.15, 0.2) is 58.3 Å². The molecule has 9 nitrogen and oxygen atoms in total. The Morgan fingerprint density at radius 3 is 2.79 bits per heavy atom. The molecule has 0 atom stereocenters. The van der Waals surface area contributed by atoms with Crippen LogP contribution in [0.4, 0.5) is 10.1 Å². The highest BCUT2D eigenvalue weighted by Crippen LogP contribution is 2.30. The van der Waals surface area contributed by atoms with Crippen LogP contribution in [0.25, 0.3) is 27.9 Å². The van der Waals surface area contributed by atoms with Crippen LogP contribution in [0.1, 0.15) is 29.7 Å². The van der Waals surface area contributed by atoms with Crippen LogP contribution in [-0.2, 0) is 16.6 Å². The van der Waals surface area contributed by atoms with Crippen LogP contribution in [0.3, 0.4) is 0 Å². The molecule has 3 aromatic heterocycles. The third-order valence-electron chi connectivity index (χ3n) is 5.83. The summed E-state index contributed by atoms with van der Waals surface area (Å²) in [5.41, 5.74) is 12.1. The number of nitrogens with one attached hydrogen (secondary N) is 3. The molecule has 0 unspecified atom stereocenters. The van der Waals surface area contributed by atoms with Crippen LogP contribution in [-0.4, -0.2) is 44.3 Å². The maximum atomic E-state index is 14.5. The van der Waals surface area contributed by atoms with E-state index < -0.39 is 15.8 Å². The van der Waals surface area contributed by atoms with Gasteiger partial charge in [0.25, 0.3) is 0 Å². The van der Waals surface area contributed by atoms with Gasteiger partial charge in [0, 0.05) is 23.9 Å². The predicted molar refractivity (Wildman–Crippen MR) is 157 cm³/mol. The van der Waals surface area contributed by atoms with Crippen LogP contribution in [0, 0.1) is 11.2 Å². The Morgan fingerprint density at radius 2 is 2.03 bits per heavy atom. The minimum Gasteiger partial charge on any atom is -0.397 e. The summed E-state index contributed by atoms with van der Waals surface area (Å²) in [4.78, 5) is 16.8. The zero-order chi connectivity index (χ0) is 27.0. The SMILES string of the molecule is CC1=CC=IC=C1c1ccc(N)c(C(=N)c2nc3c(-c4cc(F)cc(CNS(C)(=O)=O)c4)nccc3[nH]2)n1. The van der Waals surface area contributed by atoms with Crippen molar-refractivity contribution < 1.29 is 12.8 Å². The first kappa shape index (κ1) is 26.0. The molecule has 4 heterocycles. The molecule has 5 N–H and O–H groups in total. The Hall–Kier alpha value is -3.62. The molecule has 0 saturated heterocycles. The average Bonchev–Trinajstić information content (AvgIpc) is 3.32. The number of anilines is 1. The van der Waals surface area contributed by atoms with Crippen LogP contribution in [0.2, 0.25) is 0 Å². The van der Waals surface area contributed by atoms with E-state index in [9.17, 15) is 12.8 Å². The summed E-state index contributed by atoms with van der Waals surface area (Å²) in [6.45, 7) is 1.96. The van der Waals surface area contributed by atoms with E-state index in [0.29, 0.717) is 39.2 Å². The minimum absolute atomic E-state index is 0.0167. The summed E-state index contributed by atoms with van der Waals surface area (Å²) in [7, 11) is -3.45. The van der Waals surface area contributed by atoms with Crippen LogP contribution in [0.5, 0.6) is 0 Å². The predicted octanol–water partition coefficient (Wildman–Crippen LogP) is 4.28. The number of nitrogen functional groups attached to an aromatic ring is 1. The average molecular weight is 643 g/mol. The largest absolute Gasteiger partial charge is 0.397 e. The van der Waals surface area contributed by atoms with Gasteiger partial charge in [0.2, 0.25) is 10.0 Å². The minimum atomic E-state index is -3.45. The molecule has 5 rings (SSSR count). The molecule has 1 aliphatic rings. The van der Waals surface area contributed by atoms with Gasteiger partial charge in [-0.1, -0.05) is 26.8 Å². The molecule has 4 aromatic rings. The van der Waals surface area contributed by atoms with Crippen molar-refractivity contribution in [3.63, 3.8) is 0 Å². The number of sulfonamides is 1. The number of imidazole rings is 1. The number of hydrogen-bond donors (Lipinski definition) is 4. The summed E-state index contributed by atoms with van der Waals surface area (Å²) in [6, 6.07) is 9.52. The Labute approximate surface area is 228 Å². The number of fused-ring (bicyclic) bond motifs is 1. The summed E-state index contributed by atoms with van der Waals surface area (Å²) in [5.74, 6) is -0.295. The van der Waals surface area contributed by atoms with E-state index in [1.54, 1.807) is 24.4 Å². The fourth-order valence-corrected chi connectivity index (χ4v) is 6.52. The fourth-order valence-electron chi connectivity index (χ4n) is 3.96. The third-order valence-corrected chi connectivity index (χ3v) is 8.26. The van der Waals surface area contributed by atoms with E-state index >= 15 is 0 Å². The van der Waals surface area contributed by atoms with Crippen molar-refractivity contribution in [3.05, 3.63) is 86.9 Å². The van der Waals surface area contributed by atoms with Gasteiger partial charge >= 0.3 is 0 Å². The second-order valence-electron chi connectivity index (χ2n) is 8.72. The summed E-state index contributed by atoms with van der Waals surface area (Å²) in [6.07, 6.45) is 4.69. The van der Waals surface area contributed by atoms with Gasteiger partial charge in [-0.3, -0.25) is 10.4 Å². The lowest BCUT2D eigenvalue weighted by atomic mass is 10.0. The number of allylic oxidation sites excluding steroid dienone is 3. The van der Waals surface area contributed by atoms with Crippen molar-refractivity contribution in [2.75, 3.05) is 12.0 Å². The first-order chi connectivity index (χ1) is 18.1. The number of aromatic amines is 1. The Bertz CT molecular complexity index is 1810. The van der Waals surface area contributed by atoms with Gasteiger partial charge < -0.3 is 10.7 Å². The number of halogens is 2. The fraction of sp³-hybridized carbons (Fsp3) is 0.115. The van der Waals surface area contributed by atoms with Crippen LogP contribution < -0.4 is 10.5 Å². The Balaban J connectivity index is 1.53. The van der Waals surface area contributed by atoms with Crippen molar-refractivity contribution in [1.82, 2.24) is 24.7 Å². The van der Waals surface area contributed by atoms with E-state index in [4.69, 9.17) is 16.1 Å². The highest BCUT2D eigenvalue weighted by atomic mass is 127. The number of aromatic nitrogens is 4. The molecule has 0 bridgehead atoms. The van der Waals surface area contributed by atoms with Gasteiger partial charge in [0.1, 0.15) is 22.7 Å². The van der Waals surface area contributed by atoms with Gasteiger partial charge in [-0.15, -0.1) is 0 Å². The lowest BCUT2D eigenvalue weighted by Gasteiger charge is -2.12. The maximum Gasteiger partial charge on any atom is 0.209 e. The summed E-state index contributed by atoms with van der Waals surface area (Å²) in [5, 5.41) is 8.85. The first-order valence-electron chi connectivity index (χ1n) is 11.4. The van der Waals surface area contributed by atoms with Crippen molar-refractivity contribution >= 4 is 62.8 Å². The molecule has 0 amide bonds. The lowest BCUT2D eigenvalue weighted by molar-refractivity contribution is 0.586. The number of benzene rings is 1. The normalized spacial score (nSPS) is 13.7. The molecule has 0 fully saturated rings. The van der Waals surface area contributed by atoms with E-state index in [0.717, 1.165) is 23.1 Å². The number of pyridine rings is 2. The molecule has 194 valence electrons. The molecular formula is C26H23FIN7O2S. The second-order valence-corrected chi connectivity index (χ2v) is 12.6. The van der Waals surface area contributed by atoms with Crippen molar-refractivity contribution in [2.45, 2.75) is 13.5 Å². The zero-order valence-electron chi connectivity index (χ0n) is 20.4. The molecular weight excluding hydrogens is 620 g/mol. The van der Waals surface area contributed by atoms with Gasteiger partial charge in [-0.05, 0) is 62.6 Å². The van der Waals surface area contributed by atoms with Gasteiger partial charge in [-0.25, -0.2) is 27.5 Å². The van der Waals surface area contributed by atoms with E-state index in [-0.39, 0.29) is 38.8 Å². The number of rotatable bonds is 7. The zero-order valence-corrected chi connectivity index (χ0v) is 23.4. The molecule has 0 aliphatic carbocycles. The topological polar surface area (TPSA) is 150 Å². The molecule has 38 heavy (non-hydrogen) atoms. The molecule has 0 radical (unpaired) electrons. The molecule has 1 aromatic carbocycles. The number of H-pyrrole nitrogens is 1. The standard InChI is InChI=1S/C26H23FIN7O2S/c1-14-5-7-28-12-18(14)20-4-3-19(29)24(33-20)22(30)26-34-21-6-8-31-23(25(21)35-26)16-9-15(10-17(27)11-16)13-32-38(2,36)37/h3-12,30,32H,13,29H2,1-2H3,(H,34,35). The van der Waals surface area contributed by atoms with E-state index in [2.05, 4.69) is 33.8 Å². The highest BCUT2D eigenvalue weighted by molar-refractivity contribution is 14.2. The quantitative estimate of drug-likeness (QED) is 0.175. The molecule has 0 saturated carbocycles. The van der Waals surface area contributed by atoms with Crippen molar-refractivity contribution in [2.24, 2.45) is 0 Å². The Kier molecular flexibility index (Phi) is 7.03. The van der Waals surface area contributed by atoms with Crippen LogP contribution >= 0.6 is 20.7 Å². The summed E-state index contributed by atoms with van der Waals surface area (Å²) >= 11 is -0.185. The smallest absolute Gasteiger partial charge is 0.209 e. The first-order valence-corrected chi connectivity index (χ1v) is 15.8. The van der Waals surface area contributed by atoms with Gasteiger partial charge in [0.15, 0.2) is 5.82 Å². The molecule has 12 heteroatoms. The number of hydrogen-bond acceptors (Lipinski definition) is 7. The second kappa shape index (κ2) is 10.3.